The van der Waals surface area contributed by atoms with Gasteiger partial charge >= 0.3 is 5.69 Å². The predicted molar refractivity (Wildman–Crippen MR) is 166 cm³/mol. The number of halogens is 3. The van der Waals surface area contributed by atoms with Gasteiger partial charge in [0.05, 0.1) is 28.8 Å². The summed E-state index contributed by atoms with van der Waals surface area (Å²) in [6.07, 6.45) is 2.33. The van der Waals surface area contributed by atoms with Crippen LogP contribution in [0.5, 0.6) is 0 Å². The summed E-state index contributed by atoms with van der Waals surface area (Å²) in [4.78, 5) is 41.1. The molecule has 2 N–H and O–H groups in total. The van der Waals surface area contributed by atoms with Crippen LogP contribution >= 0.6 is 45.2 Å². The molecule has 2 aromatic heterocycles. The van der Waals surface area contributed by atoms with E-state index in [1.807, 2.05) is 45.2 Å². The number of nitrogens with one attached hydrogen (secondary N) is 2. The molecule has 1 aliphatic rings. The van der Waals surface area contributed by atoms with Crippen LogP contribution in [0.2, 0.25) is 0 Å². The lowest BCUT2D eigenvalue weighted by Crippen LogP contribution is -2.41. The second-order valence-electron chi connectivity index (χ2n) is 9.37. The van der Waals surface area contributed by atoms with Crippen LogP contribution in [-0.2, 0) is 17.1 Å². The van der Waals surface area contributed by atoms with Crippen molar-refractivity contribution in [3.63, 3.8) is 0 Å². The Morgan fingerprint density at radius 2 is 1.67 bits per heavy atom. The molecule has 0 radical (unpaired) electrons. The Balaban J connectivity index is 1.88. The maximum absolute atomic E-state index is 14.8. The maximum Gasteiger partial charge on any atom is 0.336 e. The van der Waals surface area contributed by atoms with E-state index in [0.29, 0.717) is 31.4 Å². The van der Waals surface area contributed by atoms with Crippen molar-refractivity contribution in [2.45, 2.75) is 25.8 Å². The van der Waals surface area contributed by atoms with Crippen LogP contribution in [0.1, 0.15) is 24.4 Å². The molecule has 39 heavy (non-hydrogen) atoms. The number of pyridine rings is 1. The SMILES string of the molecule is Cc1c(=O)n(C)c(Nc2ccc(I)cc2F)c2c(=O)n(C3CC3)c(=O)n(-c3ccc(NS(C)(=O)=O)c(I)c3)c12. The van der Waals surface area contributed by atoms with Crippen molar-refractivity contribution in [1.82, 2.24) is 13.7 Å². The van der Waals surface area contributed by atoms with E-state index < -0.39 is 32.6 Å². The van der Waals surface area contributed by atoms with E-state index in [0.717, 1.165) is 6.26 Å². The third kappa shape index (κ3) is 5.13. The van der Waals surface area contributed by atoms with Gasteiger partial charge in [-0.2, -0.15) is 0 Å². The van der Waals surface area contributed by atoms with Gasteiger partial charge < -0.3 is 5.32 Å². The highest BCUT2D eigenvalue weighted by Crippen LogP contribution is 2.34. The molecule has 1 saturated carbocycles. The van der Waals surface area contributed by atoms with Gasteiger partial charge in [0.15, 0.2) is 0 Å². The number of fused-ring (bicyclic) bond motifs is 1. The first-order valence-electron chi connectivity index (χ1n) is 11.7. The van der Waals surface area contributed by atoms with E-state index in [2.05, 4.69) is 10.0 Å². The Labute approximate surface area is 249 Å². The van der Waals surface area contributed by atoms with Crippen molar-refractivity contribution in [3.8, 4) is 5.69 Å². The minimum absolute atomic E-state index is 0.0546. The summed E-state index contributed by atoms with van der Waals surface area (Å²) in [5.74, 6) is -0.513. The number of sulfonamides is 1. The molecule has 2 aromatic carbocycles. The van der Waals surface area contributed by atoms with Gasteiger partial charge in [-0.25, -0.2) is 17.6 Å². The topological polar surface area (TPSA) is 124 Å². The van der Waals surface area contributed by atoms with Gasteiger partial charge in [0, 0.05) is 25.8 Å². The summed E-state index contributed by atoms with van der Waals surface area (Å²) in [7, 11) is -2.07. The van der Waals surface area contributed by atoms with E-state index in [-0.39, 0.29) is 34.0 Å². The smallest absolute Gasteiger partial charge is 0.336 e. The van der Waals surface area contributed by atoms with Crippen molar-refractivity contribution in [2.75, 3.05) is 16.3 Å². The number of hydrogen-bond donors (Lipinski definition) is 2. The fourth-order valence-electron chi connectivity index (χ4n) is 4.50. The molecule has 204 valence electrons. The minimum Gasteiger partial charge on any atom is -0.338 e. The zero-order chi connectivity index (χ0) is 28.4. The first kappa shape index (κ1) is 27.8. The van der Waals surface area contributed by atoms with Gasteiger partial charge in [-0.15, -0.1) is 0 Å². The van der Waals surface area contributed by atoms with Crippen LogP contribution in [-0.4, -0.2) is 28.4 Å². The normalized spacial score (nSPS) is 13.6. The molecule has 0 unspecified atom stereocenters. The Morgan fingerprint density at radius 3 is 2.26 bits per heavy atom. The van der Waals surface area contributed by atoms with Crippen molar-refractivity contribution in [1.29, 1.82) is 0 Å². The summed E-state index contributed by atoms with van der Waals surface area (Å²) in [6, 6.07) is 8.88. The van der Waals surface area contributed by atoms with Crippen molar-refractivity contribution in [3.05, 3.63) is 86.1 Å². The molecule has 0 amide bonds. The van der Waals surface area contributed by atoms with Gasteiger partial charge in [-0.1, -0.05) is 0 Å². The number of benzene rings is 2. The summed E-state index contributed by atoms with van der Waals surface area (Å²) in [6.45, 7) is 1.53. The van der Waals surface area contributed by atoms with Gasteiger partial charge in [0.25, 0.3) is 11.1 Å². The molecular weight excluding hydrogens is 755 g/mol. The number of aromatic nitrogens is 3. The fourth-order valence-corrected chi connectivity index (χ4v) is 6.35. The largest absolute Gasteiger partial charge is 0.338 e. The first-order valence-corrected chi connectivity index (χ1v) is 15.7. The van der Waals surface area contributed by atoms with Gasteiger partial charge in [0.2, 0.25) is 10.0 Å². The van der Waals surface area contributed by atoms with Crippen molar-refractivity contribution < 1.29 is 12.8 Å². The summed E-state index contributed by atoms with van der Waals surface area (Å²) in [5.41, 5.74) is -0.688. The summed E-state index contributed by atoms with van der Waals surface area (Å²) >= 11 is 3.93. The highest BCUT2D eigenvalue weighted by atomic mass is 127. The minimum atomic E-state index is -3.55. The molecule has 2 heterocycles. The van der Waals surface area contributed by atoms with E-state index in [9.17, 15) is 27.2 Å². The Kier molecular flexibility index (Phi) is 7.15. The van der Waals surface area contributed by atoms with Crippen LogP contribution in [0.25, 0.3) is 16.6 Å². The van der Waals surface area contributed by atoms with Crippen LogP contribution in [0.15, 0.2) is 50.8 Å². The highest BCUT2D eigenvalue weighted by molar-refractivity contribution is 14.1. The van der Waals surface area contributed by atoms with Crippen LogP contribution in [0.3, 0.4) is 0 Å². The number of aryl methyl sites for hydroxylation is 1. The van der Waals surface area contributed by atoms with Gasteiger partial charge in [-0.05, 0) is 101 Å². The monoisotopic (exact) mass is 777 g/mol. The van der Waals surface area contributed by atoms with Crippen molar-refractivity contribution >= 4 is 83.3 Å². The first-order chi connectivity index (χ1) is 18.3. The lowest BCUT2D eigenvalue weighted by atomic mass is 10.1. The standard InChI is InChI=1S/C25H22FI2N5O5S/c1-12-21-20(22(31(2)23(12)34)29-18-8-4-13(27)10-16(18)26)24(35)33(14-5-6-14)25(36)32(21)15-7-9-19(17(28)11-15)30-39(3,37)38/h4,7-11,14,29-30H,5-6H2,1-3H3. The molecule has 4 aromatic rings. The third-order valence-electron chi connectivity index (χ3n) is 6.45. The molecule has 0 saturated heterocycles. The highest BCUT2D eigenvalue weighted by Gasteiger charge is 2.31. The predicted octanol–water partition coefficient (Wildman–Crippen LogP) is 3.96. The molecule has 0 aliphatic heterocycles. The lowest BCUT2D eigenvalue weighted by Gasteiger charge is -2.21. The number of hydrogen-bond acceptors (Lipinski definition) is 6. The zero-order valence-corrected chi connectivity index (χ0v) is 26.0. The molecule has 10 nitrogen and oxygen atoms in total. The van der Waals surface area contributed by atoms with E-state index in [1.165, 1.54) is 45.9 Å². The quantitative estimate of drug-likeness (QED) is 0.286. The van der Waals surface area contributed by atoms with Gasteiger partial charge in [0.1, 0.15) is 17.0 Å². The second kappa shape index (κ2) is 10.0. The van der Waals surface area contributed by atoms with Crippen LogP contribution in [0.4, 0.5) is 21.6 Å². The second-order valence-corrected chi connectivity index (χ2v) is 13.5. The van der Waals surface area contributed by atoms with E-state index in [1.54, 1.807) is 18.2 Å². The Bertz CT molecular complexity index is 1980. The van der Waals surface area contributed by atoms with E-state index in [4.69, 9.17) is 0 Å². The zero-order valence-electron chi connectivity index (χ0n) is 20.9. The molecule has 0 atom stereocenters. The Morgan fingerprint density at radius 1 is 1.00 bits per heavy atom. The summed E-state index contributed by atoms with van der Waals surface area (Å²) in [5, 5.41) is 2.99. The maximum atomic E-state index is 14.8. The fraction of sp³-hybridized carbons (Fsp3) is 0.240. The summed E-state index contributed by atoms with van der Waals surface area (Å²) < 4.78 is 45.7. The van der Waals surface area contributed by atoms with Crippen LogP contribution < -0.4 is 26.8 Å². The number of rotatable bonds is 6. The average Bonchev–Trinajstić information content (AvgIpc) is 3.67. The molecule has 0 spiro atoms. The molecular formula is C25H22FI2N5O5S. The molecule has 1 aliphatic carbocycles. The van der Waals surface area contributed by atoms with Crippen LogP contribution in [0, 0.1) is 19.9 Å². The third-order valence-corrected chi connectivity index (χ3v) is 8.60. The van der Waals surface area contributed by atoms with Gasteiger partial charge in [-0.3, -0.25) is 28.0 Å². The molecule has 14 heteroatoms. The lowest BCUT2D eigenvalue weighted by molar-refractivity contribution is 0.606. The molecule has 1 fully saturated rings. The Hall–Kier alpha value is -2.73. The molecule has 0 bridgehead atoms. The number of nitrogens with zero attached hydrogens (tertiary/aromatic N) is 3. The van der Waals surface area contributed by atoms with E-state index >= 15 is 0 Å². The van der Waals surface area contributed by atoms with Crippen molar-refractivity contribution in [2.24, 2.45) is 7.05 Å². The average molecular weight is 777 g/mol. The molecule has 5 rings (SSSR count). The number of anilines is 3.